The first-order valence-electron chi connectivity index (χ1n) is 10.1. The van der Waals surface area contributed by atoms with Crippen LogP contribution in [0.3, 0.4) is 0 Å². The first kappa shape index (κ1) is 17.8. The van der Waals surface area contributed by atoms with Gasteiger partial charge in [0.15, 0.2) is 11.5 Å². The van der Waals surface area contributed by atoms with Gasteiger partial charge in [0.05, 0.1) is 17.3 Å². The first-order chi connectivity index (χ1) is 14.2. The van der Waals surface area contributed by atoms with E-state index in [9.17, 15) is 4.79 Å². The molecular formula is C23H23N3O3. The second kappa shape index (κ2) is 7.28. The molecule has 2 N–H and O–H groups in total. The number of hydrogen-bond donors (Lipinski definition) is 2. The maximum Gasteiger partial charge on any atom is 0.232 e. The van der Waals surface area contributed by atoms with Gasteiger partial charge < -0.3 is 14.8 Å². The van der Waals surface area contributed by atoms with Gasteiger partial charge in [0, 0.05) is 11.5 Å². The van der Waals surface area contributed by atoms with E-state index in [0.29, 0.717) is 11.7 Å². The number of aromatic nitrogens is 2. The fourth-order valence-electron chi connectivity index (χ4n) is 3.87. The second-order valence-corrected chi connectivity index (χ2v) is 7.56. The minimum absolute atomic E-state index is 0.0102. The molecule has 1 aliphatic carbocycles. The van der Waals surface area contributed by atoms with Gasteiger partial charge in [0.25, 0.3) is 0 Å². The number of rotatable bonds is 6. The van der Waals surface area contributed by atoms with Crippen LogP contribution in [0.1, 0.15) is 49.3 Å². The minimum atomic E-state index is -0.206. The number of hydrogen-bond acceptors (Lipinski definition) is 4. The van der Waals surface area contributed by atoms with Gasteiger partial charge in [-0.2, -0.15) is 5.10 Å². The van der Waals surface area contributed by atoms with E-state index in [-0.39, 0.29) is 18.6 Å². The van der Waals surface area contributed by atoms with E-state index in [1.165, 1.54) is 0 Å². The number of carbonyl (C=O) groups is 1. The molecule has 0 spiro atoms. The van der Waals surface area contributed by atoms with Crippen molar-refractivity contribution in [3.8, 4) is 22.8 Å². The number of fused-ring (bicyclic) bond motifs is 1. The van der Waals surface area contributed by atoms with Gasteiger partial charge in [-0.1, -0.05) is 37.3 Å². The third-order valence-corrected chi connectivity index (χ3v) is 5.60. The quantitative estimate of drug-likeness (QED) is 0.634. The van der Waals surface area contributed by atoms with Crippen molar-refractivity contribution < 1.29 is 14.3 Å². The molecule has 29 heavy (non-hydrogen) atoms. The molecule has 2 heterocycles. The SMILES string of the molecule is CCC(C(=O)Nc1c(-c2ccc3c(c2)OCO3)n[nH]c1C1CC1)c1ccccc1. The normalized spacial score (nSPS) is 15.9. The zero-order chi connectivity index (χ0) is 19.8. The minimum Gasteiger partial charge on any atom is -0.454 e. The summed E-state index contributed by atoms with van der Waals surface area (Å²) >= 11 is 0. The molecule has 2 aromatic carbocycles. The monoisotopic (exact) mass is 389 g/mol. The second-order valence-electron chi connectivity index (χ2n) is 7.56. The van der Waals surface area contributed by atoms with Crippen molar-refractivity contribution in [2.45, 2.75) is 38.0 Å². The van der Waals surface area contributed by atoms with E-state index in [1.807, 2.05) is 55.5 Å². The molecule has 3 aromatic rings. The number of amides is 1. The summed E-state index contributed by atoms with van der Waals surface area (Å²) in [6, 6.07) is 15.7. The van der Waals surface area contributed by atoms with Gasteiger partial charge in [-0.05, 0) is 43.0 Å². The Morgan fingerprint density at radius 2 is 1.97 bits per heavy atom. The summed E-state index contributed by atoms with van der Waals surface area (Å²) in [7, 11) is 0. The van der Waals surface area contributed by atoms with Crippen LogP contribution in [0.2, 0.25) is 0 Å². The topological polar surface area (TPSA) is 76.2 Å². The van der Waals surface area contributed by atoms with E-state index in [0.717, 1.165) is 53.2 Å². The molecule has 1 saturated carbocycles. The number of aromatic amines is 1. The Morgan fingerprint density at radius 3 is 2.72 bits per heavy atom. The van der Waals surface area contributed by atoms with Crippen LogP contribution in [0.4, 0.5) is 5.69 Å². The predicted octanol–water partition coefficient (Wildman–Crippen LogP) is 4.82. The smallest absolute Gasteiger partial charge is 0.232 e. The number of ether oxygens (including phenoxy) is 2. The largest absolute Gasteiger partial charge is 0.454 e. The van der Waals surface area contributed by atoms with Crippen molar-refractivity contribution in [3.63, 3.8) is 0 Å². The van der Waals surface area contributed by atoms with Gasteiger partial charge in [-0.15, -0.1) is 0 Å². The lowest BCUT2D eigenvalue weighted by Crippen LogP contribution is -2.21. The van der Waals surface area contributed by atoms with E-state index in [4.69, 9.17) is 9.47 Å². The summed E-state index contributed by atoms with van der Waals surface area (Å²) in [5.41, 5.74) is 4.44. The molecule has 1 aromatic heterocycles. The summed E-state index contributed by atoms with van der Waals surface area (Å²) in [6.07, 6.45) is 2.95. The highest BCUT2D eigenvalue weighted by Gasteiger charge is 2.32. The summed E-state index contributed by atoms with van der Waals surface area (Å²) in [5, 5.41) is 10.9. The zero-order valence-electron chi connectivity index (χ0n) is 16.3. The Balaban J connectivity index is 1.49. The molecule has 0 saturated heterocycles. The van der Waals surface area contributed by atoms with Crippen LogP contribution in [0.5, 0.6) is 11.5 Å². The van der Waals surface area contributed by atoms with Gasteiger partial charge in [-0.3, -0.25) is 9.89 Å². The highest BCUT2D eigenvalue weighted by atomic mass is 16.7. The van der Waals surface area contributed by atoms with Crippen LogP contribution in [-0.2, 0) is 4.79 Å². The maximum atomic E-state index is 13.2. The molecule has 0 radical (unpaired) electrons. The van der Waals surface area contributed by atoms with Crippen molar-refractivity contribution in [1.82, 2.24) is 10.2 Å². The van der Waals surface area contributed by atoms with E-state index in [2.05, 4.69) is 15.5 Å². The number of nitrogens with one attached hydrogen (secondary N) is 2. The Morgan fingerprint density at radius 1 is 1.17 bits per heavy atom. The summed E-state index contributed by atoms with van der Waals surface area (Å²) in [4.78, 5) is 13.2. The average molecular weight is 389 g/mol. The van der Waals surface area contributed by atoms with Gasteiger partial charge >= 0.3 is 0 Å². The van der Waals surface area contributed by atoms with E-state index < -0.39 is 0 Å². The molecule has 6 nitrogen and oxygen atoms in total. The molecule has 1 aliphatic heterocycles. The molecule has 1 atom stereocenters. The van der Waals surface area contributed by atoms with E-state index >= 15 is 0 Å². The van der Waals surface area contributed by atoms with Crippen LogP contribution in [-0.4, -0.2) is 22.9 Å². The molecule has 0 bridgehead atoms. The molecular weight excluding hydrogens is 366 g/mol. The third kappa shape index (κ3) is 3.35. The fraction of sp³-hybridized carbons (Fsp3) is 0.304. The number of carbonyl (C=O) groups excluding carboxylic acids is 1. The van der Waals surface area contributed by atoms with Crippen LogP contribution in [0, 0.1) is 0 Å². The maximum absolute atomic E-state index is 13.2. The lowest BCUT2D eigenvalue weighted by molar-refractivity contribution is -0.117. The van der Waals surface area contributed by atoms with Crippen molar-refractivity contribution >= 4 is 11.6 Å². The third-order valence-electron chi connectivity index (χ3n) is 5.60. The van der Waals surface area contributed by atoms with Crippen molar-refractivity contribution in [1.29, 1.82) is 0 Å². The first-order valence-corrected chi connectivity index (χ1v) is 10.1. The van der Waals surface area contributed by atoms with Crippen LogP contribution in [0.15, 0.2) is 48.5 Å². The lowest BCUT2D eigenvalue weighted by Gasteiger charge is -2.16. The number of anilines is 1. The standard InChI is InChI=1S/C23H23N3O3/c1-2-17(14-6-4-3-5-7-14)23(27)24-22-20(15-8-9-15)25-26-21(22)16-10-11-18-19(12-16)29-13-28-18/h3-7,10-12,15,17H,2,8-9,13H2,1H3,(H,24,27)(H,25,26). The molecule has 2 aliphatic rings. The molecule has 5 rings (SSSR count). The Kier molecular flexibility index (Phi) is 4.46. The molecule has 1 amide bonds. The van der Waals surface area contributed by atoms with Crippen molar-refractivity contribution in [3.05, 3.63) is 59.8 Å². The van der Waals surface area contributed by atoms with Gasteiger partial charge in [-0.25, -0.2) is 0 Å². The predicted molar refractivity (Wildman–Crippen MR) is 110 cm³/mol. The number of benzene rings is 2. The summed E-state index contributed by atoms with van der Waals surface area (Å²) in [6.45, 7) is 2.26. The van der Waals surface area contributed by atoms with Crippen molar-refractivity contribution in [2.24, 2.45) is 0 Å². The van der Waals surface area contributed by atoms with Crippen LogP contribution < -0.4 is 14.8 Å². The summed E-state index contributed by atoms with van der Waals surface area (Å²) in [5.74, 6) is 1.64. The highest BCUT2D eigenvalue weighted by Crippen LogP contribution is 2.46. The summed E-state index contributed by atoms with van der Waals surface area (Å²) < 4.78 is 10.9. The number of nitrogens with zero attached hydrogens (tertiary/aromatic N) is 1. The Labute approximate surface area is 169 Å². The highest BCUT2D eigenvalue weighted by molar-refractivity contribution is 5.99. The lowest BCUT2D eigenvalue weighted by atomic mass is 9.95. The zero-order valence-corrected chi connectivity index (χ0v) is 16.3. The van der Waals surface area contributed by atoms with Crippen molar-refractivity contribution in [2.75, 3.05) is 12.1 Å². The molecule has 1 unspecified atom stereocenters. The van der Waals surface area contributed by atoms with Crippen LogP contribution >= 0.6 is 0 Å². The molecule has 6 heteroatoms. The molecule has 148 valence electrons. The van der Waals surface area contributed by atoms with Gasteiger partial charge in [0.2, 0.25) is 12.7 Å². The Hall–Kier alpha value is -3.28. The van der Waals surface area contributed by atoms with E-state index in [1.54, 1.807) is 0 Å². The van der Waals surface area contributed by atoms with Gasteiger partial charge in [0.1, 0.15) is 5.69 Å². The Bertz CT molecular complexity index is 1040. The average Bonchev–Trinajstić information content (AvgIpc) is 3.33. The van der Waals surface area contributed by atoms with Crippen LogP contribution in [0.25, 0.3) is 11.3 Å². The molecule has 1 fully saturated rings. The number of H-pyrrole nitrogens is 1. The fourth-order valence-corrected chi connectivity index (χ4v) is 3.87.